The zero-order valence-corrected chi connectivity index (χ0v) is 13.5. The number of amides is 1. The Labute approximate surface area is 132 Å². The number of anilines is 1. The maximum Gasteiger partial charge on any atom is 0.269 e. The van der Waals surface area contributed by atoms with Gasteiger partial charge in [-0.2, -0.15) is 0 Å². The fourth-order valence-corrected chi connectivity index (χ4v) is 2.36. The summed E-state index contributed by atoms with van der Waals surface area (Å²) in [5.74, 6) is -0.144. The van der Waals surface area contributed by atoms with Gasteiger partial charge >= 0.3 is 0 Å². The monoisotopic (exact) mass is 306 g/mol. The first kappa shape index (κ1) is 16.7. The van der Waals surface area contributed by atoms with Crippen LogP contribution in [0, 0.1) is 0 Å². The molecular weight excluding hydrogens is 280 g/mol. The van der Waals surface area contributed by atoms with Crippen molar-refractivity contribution in [3.05, 3.63) is 24.0 Å². The van der Waals surface area contributed by atoms with Crippen LogP contribution >= 0.6 is 0 Å². The second kappa shape index (κ2) is 8.70. The average molecular weight is 306 g/mol. The lowest BCUT2D eigenvalue weighted by molar-refractivity contribution is 0.0854. The van der Waals surface area contributed by atoms with Gasteiger partial charge in [0.15, 0.2) is 0 Å². The standard InChI is InChI=1S/C16H26N4O2/c1-20(2)9-4-8-17-13-6-7-15(18-11-13)16(21)19-12-14-5-3-10-22-14/h6-7,11,14,17H,3-5,8-10,12H2,1-2H3,(H,19,21). The second-order valence-corrected chi connectivity index (χ2v) is 5.86. The summed E-state index contributed by atoms with van der Waals surface area (Å²) >= 11 is 0. The number of nitrogens with zero attached hydrogens (tertiary/aromatic N) is 2. The predicted molar refractivity (Wildman–Crippen MR) is 87.2 cm³/mol. The minimum Gasteiger partial charge on any atom is -0.384 e. The highest BCUT2D eigenvalue weighted by Gasteiger charge is 2.16. The molecule has 6 nitrogen and oxygen atoms in total. The van der Waals surface area contributed by atoms with Gasteiger partial charge in [-0.25, -0.2) is 4.98 Å². The van der Waals surface area contributed by atoms with Crippen LogP contribution in [0.1, 0.15) is 29.8 Å². The Hall–Kier alpha value is -1.66. The first-order valence-electron chi connectivity index (χ1n) is 7.89. The van der Waals surface area contributed by atoms with Gasteiger partial charge < -0.3 is 20.3 Å². The molecule has 0 aromatic carbocycles. The third-order valence-corrected chi connectivity index (χ3v) is 3.62. The Morgan fingerprint density at radius 2 is 2.32 bits per heavy atom. The van der Waals surface area contributed by atoms with Gasteiger partial charge in [0.05, 0.1) is 18.0 Å². The molecule has 22 heavy (non-hydrogen) atoms. The highest BCUT2D eigenvalue weighted by molar-refractivity contribution is 5.92. The van der Waals surface area contributed by atoms with E-state index in [2.05, 4.69) is 34.6 Å². The third-order valence-electron chi connectivity index (χ3n) is 3.62. The van der Waals surface area contributed by atoms with Crippen LogP contribution in [0.25, 0.3) is 0 Å². The number of rotatable bonds is 8. The Morgan fingerprint density at radius 1 is 1.45 bits per heavy atom. The molecule has 6 heteroatoms. The van der Waals surface area contributed by atoms with Crippen LogP contribution in [0.3, 0.4) is 0 Å². The van der Waals surface area contributed by atoms with Crippen molar-refractivity contribution in [2.24, 2.45) is 0 Å². The summed E-state index contributed by atoms with van der Waals surface area (Å²) in [6.45, 7) is 3.30. The van der Waals surface area contributed by atoms with E-state index in [4.69, 9.17) is 4.74 Å². The average Bonchev–Trinajstić information content (AvgIpc) is 3.03. The van der Waals surface area contributed by atoms with Gasteiger partial charge in [0, 0.05) is 19.7 Å². The zero-order chi connectivity index (χ0) is 15.8. The molecule has 2 N–H and O–H groups in total. The van der Waals surface area contributed by atoms with Gasteiger partial charge in [0.1, 0.15) is 5.69 Å². The summed E-state index contributed by atoms with van der Waals surface area (Å²) in [6.07, 6.45) is 5.02. The lowest BCUT2D eigenvalue weighted by Crippen LogP contribution is -2.32. The van der Waals surface area contributed by atoms with E-state index < -0.39 is 0 Å². The molecule has 1 unspecified atom stereocenters. The summed E-state index contributed by atoms with van der Waals surface area (Å²) in [4.78, 5) is 18.4. The van der Waals surface area contributed by atoms with Crippen LogP contribution in [-0.4, -0.2) is 62.2 Å². The van der Waals surface area contributed by atoms with E-state index in [0.29, 0.717) is 12.2 Å². The molecule has 0 spiro atoms. The van der Waals surface area contributed by atoms with E-state index in [1.54, 1.807) is 12.3 Å². The topological polar surface area (TPSA) is 66.5 Å². The van der Waals surface area contributed by atoms with Crippen molar-refractivity contribution in [2.75, 3.05) is 45.7 Å². The lowest BCUT2D eigenvalue weighted by atomic mass is 10.2. The number of carbonyl (C=O) groups is 1. The molecule has 2 rings (SSSR count). The number of nitrogens with one attached hydrogen (secondary N) is 2. The smallest absolute Gasteiger partial charge is 0.269 e. The van der Waals surface area contributed by atoms with Gasteiger partial charge in [-0.3, -0.25) is 4.79 Å². The summed E-state index contributed by atoms with van der Waals surface area (Å²) in [5.41, 5.74) is 1.38. The Balaban J connectivity index is 1.71. The maximum atomic E-state index is 12.0. The Bertz CT molecular complexity index is 456. The molecule has 0 radical (unpaired) electrons. The van der Waals surface area contributed by atoms with Gasteiger partial charge in [-0.1, -0.05) is 0 Å². The number of hydrogen-bond acceptors (Lipinski definition) is 5. The van der Waals surface area contributed by atoms with Gasteiger partial charge in [-0.15, -0.1) is 0 Å². The molecule has 1 amide bonds. The van der Waals surface area contributed by atoms with Crippen LogP contribution in [-0.2, 0) is 4.74 Å². The molecule has 1 atom stereocenters. The van der Waals surface area contributed by atoms with E-state index in [0.717, 1.165) is 44.6 Å². The molecule has 0 bridgehead atoms. The van der Waals surface area contributed by atoms with Gasteiger partial charge in [0.25, 0.3) is 5.91 Å². The van der Waals surface area contributed by atoms with E-state index in [1.807, 2.05) is 6.07 Å². The van der Waals surface area contributed by atoms with E-state index in [9.17, 15) is 4.79 Å². The lowest BCUT2D eigenvalue weighted by Gasteiger charge is -2.11. The number of aromatic nitrogens is 1. The van der Waals surface area contributed by atoms with E-state index >= 15 is 0 Å². The Morgan fingerprint density at radius 3 is 2.95 bits per heavy atom. The molecular formula is C16H26N4O2. The molecule has 0 aliphatic carbocycles. The predicted octanol–water partition coefficient (Wildman–Crippen LogP) is 1.35. The minimum atomic E-state index is -0.144. The third kappa shape index (κ3) is 5.61. The summed E-state index contributed by atoms with van der Waals surface area (Å²) < 4.78 is 5.48. The first-order valence-corrected chi connectivity index (χ1v) is 7.89. The molecule has 1 saturated heterocycles. The molecule has 1 aliphatic rings. The molecule has 122 valence electrons. The van der Waals surface area contributed by atoms with Gasteiger partial charge in [0.2, 0.25) is 0 Å². The van der Waals surface area contributed by atoms with Crippen molar-refractivity contribution in [2.45, 2.75) is 25.4 Å². The van der Waals surface area contributed by atoms with Crippen molar-refractivity contribution < 1.29 is 9.53 Å². The molecule has 2 heterocycles. The van der Waals surface area contributed by atoms with Crippen LogP contribution in [0.5, 0.6) is 0 Å². The number of carbonyl (C=O) groups excluding carboxylic acids is 1. The zero-order valence-electron chi connectivity index (χ0n) is 13.5. The first-order chi connectivity index (χ1) is 10.6. The van der Waals surface area contributed by atoms with Crippen LogP contribution < -0.4 is 10.6 Å². The Kier molecular flexibility index (Phi) is 6.61. The van der Waals surface area contributed by atoms with Crippen LogP contribution in [0.15, 0.2) is 18.3 Å². The van der Waals surface area contributed by atoms with E-state index in [-0.39, 0.29) is 12.0 Å². The van der Waals surface area contributed by atoms with Crippen molar-refractivity contribution >= 4 is 11.6 Å². The molecule has 1 fully saturated rings. The largest absolute Gasteiger partial charge is 0.384 e. The summed E-state index contributed by atoms with van der Waals surface area (Å²) in [6, 6.07) is 3.64. The molecule has 1 aliphatic heterocycles. The van der Waals surface area contributed by atoms with Gasteiger partial charge in [-0.05, 0) is 52.0 Å². The SMILES string of the molecule is CN(C)CCCNc1ccc(C(=O)NCC2CCCO2)nc1. The summed E-state index contributed by atoms with van der Waals surface area (Å²) in [5, 5.41) is 6.17. The number of hydrogen-bond donors (Lipinski definition) is 2. The number of pyridine rings is 1. The normalized spacial score (nSPS) is 17.7. The van der Waals surface area contributed by atoms with E-state index in [1.165, 1.54) is 0 Å². The fourth-order valence-electron chi connectivity index (χ4n) is 2.36. The summed E-state index contributed by atoms with van der Waals surface area (Å²) in [7, 11) is 4.12. The highest BCUT2D eigenvalue weighted by Crippen LogP contribution is 2.11. The minimum absolute atomic E-state index is 0.144. The second-order valence-electron chi connectivity index (χ2n) is 5.86. The fraction of sp³-hybridized carbons (Fsp3) is 0.625. The molecule has 1 aromatic heterocycles. The van der Waals surface area contributed by atoms with Crippen molar-refractivity contribution in [3.63, 3.8) is 0 Å². The maximum absolute atomic E-state index is 12.0. The molecule has 0 saturated carbocycles. The van der Waals surface area contributed by atoms with Crippen LogP contribution in [0.4, 0.5) is 5.69 Å². The van der Waals surface area contributed by atoms with Crippen molar-refractivity contribution in [3.8, 4) is 0 Å². The molecule has 1 aromatic rings. The quantitative estimate of drug-likeness (QED) is 0.710. The van der Waals surface area contributed by atoms with Crippen molar-refractivity contribution in [1.82, 2.24) is 15.2 Å². The van der Waals surface area contributed by atoms with Crippen molar-refractivity contribution in [1.29, 1.82) is 0 Å². The number of ether oxygens (including phenoxy) is 1. The van der Waals surface area contributed by atoms with Crippen LogP contribution in [0.2, 0.25) is 0 Å². The highest BCUT2D eigenvalue weighted by atomic mass is 16.5.